The fourth-order valence-electron chi connectivity index (χ4n) is 6.68. The Labute approximate surface area is 229 Å². The lowest BCUT2D eigenvalue weighted by Crippen LogP contribution is -2.46. The molecule has 1 aromatic heterocycles. The Kier molecular flexibility index (Phi) is 6.98. The number of nitrogens with zero attached hydrogens (tertiary/aromatic N) is 3. The van der Waals surface area contributed by atoms with Crippen molar-refractivity contribution in [2.75, 3.05) is 36.4 Å². The quantitative estimate of drug-likeness (QED) is 0.454. The van der Waals surface area contributed by atoms with E-state index in [2.05, 4.69) is 39.5 Å². The lowest BCUT2D eigenvalue weighted by atomic mass is 9.83. The second kappa shape index (κ2) is 10.7. The summed E-state index contributed by atoms with van der Waals surface area (Å²) in [6.45, 7) is 3.44. The zero-order valence-corrected chi connectivity index (χ0v) is 22.3. The molecule has 3 aromatic rings. The minimum absolute atomic E-state index is 0.00289. The predicted octanol–water partition coefficient (Wildman–Crippen LogP) is 4.42. The number of carboxylic acids is 1. The Hall–Kier alpha value is -3.87. The highest BCUT2D eigenvalue weighted by molar-refractivity contribution is 5.90. The van der Waals surface area contributed by atoms with Gasteiger partial charge in [0.25, 0.3) is 0 Å². The number of pyridine rings is 1. The average Bonchev–Trinajstić information content (AvgIpc) is 3.50. The van der Waals surface area contributed by atoms with E-state index in [9.17, 15) is 14.7 Å². The number of hydrogen-bond acceptors (Lipinski definition) is 5. The van der Waals surface area contributed by atoms with Crippen LogP contribution in [0.5, 0.6) is 0 Å². The van der Waals surface area contributed by atoms with Gasteiger partial charge in [0.2, 0.25) is 5.91 Å². The Balaban J connectivity index is 1.04. The molecule has 3 aliphatic rings. The van der Waals surface area contributed by atoms with E-state index in [0.29, 0.717) is 18.9 Å². The minimum Gasteiger partial charge on any atom is -0.480 e. The molecule has 0 saturated carbocycles. The molecular formula is C32H36N4O3. The molecule has 0 radical (unpaired) electrons. The Morgan fingerprint density at radius 1 is 0.974 bits per heavy atom. The van der Waals surface area contributed by atoms with Crippen LogP contribution in [0.25, 0.3) is 0 Å². The number of amides is 1. The number of aliphatic carboxylic acids is 1. The van der Waals surface area contributed by atoms with Crippen LogP contribution in [-0.4, -0.2) is 59.1 Å². The zero-order chi connectivity index (χ0) is 26.8. The van der Waals surface area contributed by atoms with Gasteiger partial charge in [-0.3, -0.25) is 4.79 Å². The first kappa shape index (κ1) is 25.4. The van der Waals surface area contributed by atoms with Crippen molar-refractivity contribution < 1.29 is 14.7 Å². The highest BCUT2D eigenvalue weighted by Crippen LogP contribution is 2.45. The van der Waals surface area contributed by atoms with Crippen molar-refractivity contribution in [3.8, 4) is 0 Å². The predicted molar refractivity (Wildman–Crippen MR) is 152 cm³/mol. The second-order valence-electron chi connectivity index (χ2n) is 11.4. The Morgan fingerprint density at radius 3 is 2.31 bits per heavy atom. The smallest absolute Gasteiger partial charge is 0.326 e. The first-order valence-corrected chi connectivity index (χ1v) is 14.1. The van der Waals surface area contributed by atoms with E-state index >= 15 is 0 Å². The van der Waals surface area contributed by atoms with Crippen LogP contribution in [0, 0.1) is 11.3 Å². The third-order valence-electron chi connectivity index (χ3n) is 8.96. The standard InChI is InChI=1S/C32H36N4O3/c37-30(38)28(36-18-14-32(31(36)39)20-25-5-1-2-6-26(25)21-32)19-23-8-10-27(11-9-23)35-16-12-24(13-17-35)22-34-29-7-3-4-15-33-29/h1-11,15,24,28H,12-14,16-22H2,(H,33,34)(H,37,38). The second-order valence-corrected chi connectivity index (χ2v) is 11.4. The third kappa shape index (κ3) is 5.22. The topological polar surface area (TPSA) is 85.8 Å². The van der Waals surface area contributed by atoms with Crippen molar-refractivity contribution in [1.82, 2.24) is 9.88 Å². The molecule has 2 N–H and O–H groups in total. The van der Waals surface area contributed by atoms with Gasteiger partial charge in [0, 0.05) is 44.5 Å². The van der Waals surface area contributed by atoms with Gasteiger partial charge in [0.15, 0.2) is 0 Å². The van der Waals surface area contributed by atoms with Crippen molar-refractivity contribution in [3.05, 3.63) is 89.6 Å². The molecule has 1 atom stereocenters. The van der Waals surface area contributed by atoms with E-state index in [-0.39, 0.29) is 5.91 Å². The van der Waals surface area contributed by atoms with Crippen molar-refractivity contribution >= 4 is 23.4 Å². The number of fused-ring (bicyclic) bond motifs is 1. The van der Waals surface area contributed by atoms with Gasteiger partial charge in [-0.2, -0.15) is 0 Å². The summed E-state index contributed by atoms with van der Waals surface area (Å²) in [6, 6.07) is 21.6. The molecule has 2 aliphatic heterocycles. The van der Waals surface area contributed by atoms with Gasteiger partial charge in [0.1, 0.15) is 11.9 Å². The number of carbonyl (C=O) groups is 2. The highest BCUT2D eigenvalue weighted by Gasteiger charge is 2.52. The highest BCUT2D eigenvalue weighted by atomic mass is 16.4. The molecule has 7 nitrogen and oxygen atoms in total. The molecule has 6 rings (SSSR count). The number of likely N-dealkylation sites (tertiary alicyclic amines) is 1. The molecule has 2 aromatic carbocycles. The molecule has 2 saturated heterocycles. The van der Waals surface area contributed by atoms with Crippen molar-refractivity contribution in [3.63, 3.8) is 0 Å². The number of carbonyl (C=O) groups excluding carboxylic acids is 1. The molecule has 1 aliphatic carbocycles. The van der Waals surface area contributed by atoms with Crippen molar-refractivity contribution in [1.29, 1.82) is 0 Å². The molecule has 2 fully saturated rings. The number of nitrogens with one attached hydrogen (secondary N) is 1. The number of hydrogen-bond donors (Lipinski definition) is 2. The van der Waals surface area contributed by atoms with E-state index in [0.717, 1.165) is 63.1 Å². The first-order valence-electron chi connectivity index (χ1n) is 14.1. The van der Waals surface area contributed by atoms with Crippen LogP contribution in [0.1, 0.15) is 36.0 Å². The van der Waals surface area contributed by atoms with Crippen LogP contribution >= 0.6 is 0 Å². The monoisotopic (exact) mass is 524 g/mol. The van der Waals surface area contributed by atoms with Gasteiger partial charge >= 0.3 is 5.97 Å². The number of rotatable bonds is 8. The fourth-order valence-corrected chi connectivity index (χ4v) is 6.68. The largest absolute Gasteiger partial charge is 0.480 e. The summed E-state index contributed by atoms with van der Waals surface area (Å²) in [5.41, 5.74) is 4.10. The lowest BCUT2D eigenvalue weighted by molar-refractivity contribution is -0.150. The van der Waals surface area contributed by atoms with Crippen LogP contribution in [0.2, 0.25) is 0 Å². The van der Waals surface area contributed by atoms with E-state index in [1.165, 1.54) is 16.8 Å². The maximum atomic E-state index is 13.6. The third-order valence-corrected chi connectivity index (χ3v) is 8.96. The van der Waals surface area contributed by atoms with E-state index in [1.807, 2.05) is 48.7 Å². The summed E-state index contributed by atoms with van der Waals surface area (Å²) in [5.74, 6) is 0.617. The van der Waals surface area contributed by atoms with Gasteiger partial charge in [0.05, 0.1) is 5.41 Å². The lowest BCUT2D eigenvalue weighted by Gasteiger charge is -2.34. The van der Waals surface area contributed by atoms with Crippen LogP contribution < -0.4 is 10.2 Å². The summed E-state index contributed by atoms with van der Waals surface area (Å²) in [5, 5.41) is 13.6. The van der Waals surface area contributed by atoms with E-state index in [4.69, 9.17) is 0 Å². The van der Waals surface area contributed by atoms with E-state index in [1.54, 1.807) is 4.90 Å². The molecule has 39 heavy (non-hydrogen) atoms. The van der Waals surface area contributed by atoms with Gasteiger partial charge in [-0.1, -0.05) is 42.5 Å². The zero-order valence-electron chi connectivity index (χ0n) is 22.3. The summed E-state index contributed by atoms with van der Waals surface area (Å²) in [4.78, 5) is 34.3. The molecule has 202 valence electrons. The van der Waals surface area contributed by atoms with Crippen LogP contribution in [0.3, 0.4) is 0 Å². The van der Waals surface area contributed by atoms with Crippen LogP contribution in [0.4, 0.5) is 11.5 Å². The normalized spacial score (nSPS) is 19.3. The number of anilines is 2. The maximum Gasteiger partial charge on any atom is 0.326 e. The molecule has 0 bridgehead atoms. The first-order chi connectivity index (χ1) is 19.0. The Morgan fingerprint density at radius 2 is 1.67 bits per heavy atom. The molecule has 3 heterocycles. The van der Waals surface area contributed by atoms with Gasteiger partial charge in [-0.15, -0.1) is 0 Å². The van der Waals surface area contributed by atoms with Crippen LogP contribution in [0.15, 0.2) is 72.9 Å². The van der Waals surface area contributed by atoms with Gasteiger partial charge in [-0.05, 0) is 79.0 Å². The van der Waals surface area contributed by atoms with Crippen molar-refractivity contribution in [2.24, 2.45) is 11.3 Å². The molecule has 1 spiro atoms. The number of benzene rings is 2. The number of aromatic nitrogens is 1. The SMILES string of the molecule is O=C(O)C(Cc1ccc(N2CCC(CNc3ccccn3)CC2)cc1)N1CCC2(Cc3ccccc3C2)C1=O. The summed E-state index contributed by atoms with van der Waals surface area (Å²) in [6.07, 6.45) is 6.52. The Bertz CT molecular complexity index is 1290. The van der Waals surface area contributed by atoms with Gasteiger partial charge in [-0.25, -0.2) is 9.78 Å². The number of piperidine rings is 1. The van der Waals surface area contributed by atoms with Crippen LogP contribution in [-0.2, 0) is 28.9 Å². The molecule has 1 unspecified atom stereocenters. The summed E-state index contributed by atoms with van der Waals surface area (Å²) >= 11 is 0. The minimum atomic E-state index is -0.929. The van der Waals surface area contributed by atoms with Gasteiger partial charge < -0.3 is 20.2 Å². The summed E-state index contributed by atoms with van der Waals surface area (Å²) in [7, 11) is 0. The van der Waals surface area contributed by atoms with Crippen molar-refractivity contribution in [2.45, 2.75) is 44.6 Å². The number of carboxylic acid groups (broad SMARTS) is 1. The molecule has 7 heteroatoms. The molecule has 1 amide bonds. The maximum absolute atomic E-state index is 13.6. The molecular weight excluding hydrogens is 488 g/mol. The van der Waals surface area contributed by atoms with E-state index < -0.39 is 17.4 Å². The fraction of sp³-hybridized carbons (Fsp3) is 0.406. The average molecular weight is 525 g/mol. The summed E-state index contributed by atoms with van der Waals surface area (Å²) < 4.78 is 0.